The van der Waals surface area contributed by atoms with Crippen molar-refractivity contribution in [1.82, 2.24) is 24.4 Å². The van der Waals surface area contributed by atoms with Gasteiger partial charge in [0.25, 0.3) is 12.0 Å². The van der Waals surface area contributed by atoms with E-state index in [1.54, 1.807) is 11.0 Å². The highest BCUT2D eigenvalue weighted by molar-refractivity contribution is 6.29. The summed E-state index contributed by atoms with van der Waals surface area (Å²) < 4.78 is 81.4. The molecule has 4 rings (SSSR count). The number of hydrogen-bond donors (Lipinski definition) is 0. The number of likely N-dealkylation sites (tertiary alicyclic amines) is 2. The van der Waals surface area contributed by atoms with Gasteiger partial charge in [0.1, 0.15) is 10.8 Å². The molecule has 2 aliphatic heterocycles. The van der Waals surface area contributed by atoms with Gasteiger partial charge in [-0.3, -0.25) is 4.79 Å². The average Bonchev–Trinajstić information content (AvgIpc) is 3.34. The van der Waals surface area contributed by atoms with E-state index in [0.29, 0.717) is 25.0 Å². The van der Waals surface area contributed by atoms with Crippen LogP contribution in [0.4, 0.5) is 31.1 Å². The Labute approximate surface area is 193 Å². The lowest BCUT2D eigenvalue weighted by Crippen LogP contribution is -2.56. The number of carbonyl (C=O) groups excluding carboxylic acids is 2. The van der Waals surface area contributed by atoms with E-state index < -0.39 is 30.1 Å². The molecule has 8 nitrogen and oxygen atoms in total. The van der Waals surface area contributed by atoms with Gasteiger partial charge in [0, 0.05) is 25.2 Å². The Morgan fingerprint density at radius 3 is 2.29 bits per heavy atom. The zero-order chi connectivity index (χ0) is 24.9. The summed E-state index contributed by atoms with van der Waals surface area (Å²) in [5.74, 6) is -0.385. The molecule has 0 unspecified atom stereocenters. The number of fused-ring (bicyclic) bond motifs is 1. The highest BCUT2D eigenvalue weighted by atomic mass is 35.5. The summed E-state index contributed by atoms with van der Waals surface area (Å²) in [5, 5.41) is 4.23. The van der Waals surface area contributed by atoms with Gasteiger partial charge in [-0.15, -0.1) is 0 Å². The third kappa shape index (κ3) is 4.59. The van der Waals surface area contributed by atoms with Crippen LogP contribution in [0.2, 0.25) is 5.15 Å². The van der Waals surface area contributed by atoms with Crippen LogP contribution < -0.4 is 0 Å². The van der Waals surface area contributed by atoms with Crippen molar-refractivity contribution in [3.8, 4) is 0 Å². The van der Waals surface area contributed by atoms with Crippen molar-refractivity contribution >= 4 is 29.2 Å². The van der Waals surface area contributed by atoms with Gasteiger partial charge in [0.05, 0.1) is 6.20 Å². The van der Waals surface area contributed by atoms with E-state index in [4.69, 9.17) is 11.6 Å². The summed E-state index contributed by atoms with van der Waals surface area (Å²) in [6.07, 6.45) is -14.5. The summed E-state index contributed by atoms with van der Waals surface area (Å²) in [6, 6.07) is 3.11. The van der Waals surface area contributed by atoms with Crippen molar-refractivity contribution in [2.24, 2.45) is 0 Å². The van der Waals surface area contributed by atoms with E-state index in [9.17, 15) is 35.9 Å². The minimum absolute atomic E-state index is 0.121. The number of halogens is 7. The van der Waals surface area contributed by atoms with E-state index in [0.717, 1.165) is 4.90 Å². The van der Waals surface area contributed by atoms with Gasteiger partial charge in [-0.1, -0.05) is 11.6 Å². The van der Waals surface area contributed by atoms with Crippen molar-refractivity contribution in [1.29, 1.82) is 0 Å². The summed E-state index contributed by atoms with van der Waals surface area (Å²) >= 11 is 5.85. The molecule has 0 N–H and O–H groups in total. The zero-order valence-corrected chi connectivity index (χ0v) is 18.1. The van der Waals surface area contributed by atoms with Crippen LogP contribution in [0, 0.1) is 0 Å². The van der Waals surface area contributed by atoms with Gasteiger partial charge in [-0.25, -0.2) is 14.3 Å². The highest BCUT2D eigenvalue weighted by Crippen LogP contribution is 2.40. The molecule has 2 aromatic heterocycles. The minimum Gasteiger partial charge on any atom is -0.426 e. The lowest BCUT2D eigenvalue weighted by Gasteiger charge is -2.44. The Hall–Kier alpha value is -2.77. The van der Waals surface area contributed by atoms with Gasteiger partial charge in [0.2, 0.25) is 0 Å². The molecule has 0 saturated carbocycles. The molecule has 0 atom stereocenters. The van der Waals surface area contributed by atoms with E-state index >= 15 is 0 Å². The van der Waals surface area contributed by atoms with E-state index in [1.807, 2.05) is 0 Å². The number of amides is 2. The summed E-state index contributed by atoms with van der Waals surface area (Å²) in [7, 11) is 0. The smallest absolute Gasteiger partial charge is 0.426 e. The van der Waals surface area contributed by atoms with E-state index in [1.165, 1.54) is 16.8 Å². The number of piperidine rings is 1. The maximum Gasteiger partial charge on any atom is 0.434 e. The van der Waals surface area contributed by atoms with Crippen LogP contribution in [-0.2, 0) is 4.74 Å². The van der Waals surface area contributed by atoms with E-state index in [2.05, 4.69) is 14.8 Å². The quantitative estimate of drug-likeness (QED) is 0.565. The molecule has 2 amide bonds. The number of rotatable bonds is 2. The largest absolute Gasteiger partial charge is 0.434 e. The first-order valence-corrected chi connectivity index (χ1v) is 10.6. The van der Waals surface area contributed by atoms with Crippen molar-refractivity contribution < 1.29 is 40.7 Å². The second-order valence-corrected chi connectivity index (χ2v) is 8.59. The lowest BCUT2D eigenvalue weighted by atomic mass is 9.85. The van der Waals surface area contributed by atoms with Gasteiger partial charge < -0.3 is 14.5 Å². The normalized spacial score (nSPS) is 18.8. The number of alkyl halides is 6. The predicted molar refractivity (Wildman–Crippen MR) is 104 cm³/mol. The second kappa shape index (κ2) is 8.47. The number of aromatic nitrogens is 3. The van der Waals surface area contributed by atoms with Crippen LogP contribution in [0.25, 0.3) is 5.65 Å². The topological polar surface area (TPSA) is 80.0 Å². The van der Waals surface area contributed by atoms with Gasteiger partial charge in [-0.05, 0) is 37.8 Å². The first kappa shape index (κ1) is 24.4. The Bertz CT molecular complexity index is 1080. The maximum atomic E-state index is 13.2. The first-order valence-electron chi connectivity index (χ1n) is 10.2. The van der Waals surface area contributed by atoms with Crippen LogP contribution in [0.1, 0.15) is 36.2 Å². The highest BCUT2D eigenvalue weighted by Gasteiger charge is 2.60. The molecule has 0 bridgehead atoms. The summed E-state index contributed by atoms with van der Waals surface area (Å²) in [4.78, 5) is 31.9. The number of carbonyl (C=O) groups is 2. The summed E-state index contributed by atoms with van der Waals surface area (Å²) in [5.41, 5.74) is -0.166. The SMILES string of the molecule is O=C(OC(C(F)(F)F)C(F)(F)F)N1CCC2(CCCN2C(=O)c2cn3nc(Cl)ccc3n2)CC1. The van der Waals surface area contributed by atoms with Crippen molar-refractivity contribution in [2.45, 2.75) is 49.7 Å². The molecule has 2 saturated heterocycles. The fourth-order valence-corrected chi connectivity index (χ4v) is 4.62. The van der Waals surface area contributed by atoms with Crippen LogP contribution in [0.5, 0.6) is 0 Å². The first-order chi connectivity index (χ1) is 15.8. The van der Waals surface area contributed by atoms with Crippen LogP contribution >= 0.6 is 11.6 Å². The number of ether oxygens (including phenoxy) is 1. The van der Waals surface area contributed by atoms with Crippen LogP contribution in [0.15, 0.2) is 18.3 Å². The third-order valence-corrected chi connectivity index (χ3v) is 6.32. The molecule has 0 aromatic carbocycles. The lowest BCUT2D eigenvalue weighted by molar-refractivity contribution is -0.308. The molecule has 4 heterocycles. The fourth-order valence-electron chi connectivity index (χ4n) is 4.48. The third-order valence-electron chi connectivity index (χ3n) is 6.11. The second-order valence-electron chi connectivity index (χ2n) is 8.20. The monoisotopic (exact) mass is 513 g/mol. The number of nitrogens with zero attached hydrogens (tertiary/aromatic N) is 5. The molecular formula is C19H18ClF6N5O3. The van der Waals surface area contributed by atoms with Gasteiger partial charge in [0.15, 0.2) is 5.65 Å². The molecular weight excluding hydrogens is 496 g/mol. The Morgan fingerprint density at radius 2 is 1.68 bits per heavy atom. The molecule has 186 valence electrons. The fraction of sp³-hybridized carbons (Fsp3) is 0.579. The average molecular weight is 514 g/mol. The molecule has 2 aliphatic rings. The maximum absolute atomic E-state index is 13.2. The molecule has 0 aliphatic carbocycles. The van der Waals surface area contributed by atoms with E-state index in [-0.39, 0.29) is 42.7 Å². The Morgan fingerprint density at radius 1 is 1.03 bits per heavy atom. The molecule has 15 heteroatoms. The Kier molecular flexibility index (Phi) is 6.07. The standard InChI is InChI=1S/C19H18ClF6N5O3/c20-12-2-3-13-27-11(10-31(13)28-12)14(32)30-7-1-4-17(30)5-8-29(9-6-17)16(33)34-15(18(21,22)23)19(24,25)26/h2-3,10,15H,1,4-9H2. The van der Waals surface area contributed by atoms with Crippen molar-refractivity contribution in [3.05, 3.63) is 29.2 Å². The Balaban J connectivity index is 1.45. The van der Waals surface area contributed by atoms with Crippen molar-refractivity contribution in [2.75, 3.05) is 19.6 Å². The number of imidazole rings is 1. The molecule has 2 fully saturated rings. The minimum atomic E-state index is -5.78. The van der Waals surface area contributed by atoms with Gasteiger partial charge >= 0.3 is 18.4 Å². The molecule has 1 spiro atoms. The molecule has 2 aromatic rings. The number of hydrogen-bond acceptors (Lipinski definition) is 5. The zero-order valence-electron chi connectivity index (χ0n) is 17.4. The molecule has 0 radical (unpaired) electrons. The van der Waals surface area contributed by atoms with Crippen LogP contribution in [-0.4, -0.2) is 80.0 Å². The predicted octanol–water partition coefficient (Wildman–Crippen LogP) is 4.08. The summed E-state index contributed by atoms with van der Waals surface area (Å²) in [6.45, 7) is 0.0797. The molecule has 34 heavy (non-hydrogen) atoms. The van der Waals surface area contributed by atoms with Crippen LogP contribution in [0.3, 0.4) is 0 Å². The van der Waals surface area contributed by atoms with Gasteiger partial charge in [-0.2, -0.15) is 31.4 Å². The van der Waals surface area contributed by atoms with Crippen molar-refractivity contribution in [3.63, 3.8) is 0 Å².